The molecule has 7 unspecified atom stereocenters. The number of carbonyl (C=O) groups excluding carboxylic acids is 2. The maximum absolute atomic E-state index is 11.9. The molecule has 4 aliphatic carbocycles. The molecule has 0 amide bonds. The van der Waals surface area contributed by atoms with Gasteiger partial charge in [0.1, 0.15) is 11.4 Å². The lowest BCUT2D eigenvalue weighted by atomic mass is 9.49. The molecule has 0 aromatic heterocycles. The highest BCUT2D eigenvalue weighted by Gasteiger charge is 2.66. The molecule has 0 N–H and O–H groups in total. The summed E-state index contributed by atoms with van der Waals surface area (Å²) in [6.07, 6.45) is 11.9. The summed E-state index contributed by atoms with van der Waals surface area (Å²) < 4.78 is 6.00. The van der Waals surface area contributed by atoms with Crippen molar-refractivity contribution in [3.8, 4) is 0 Å². The minimum absolute atomic E-state index is 0.0356. The fourth-order valence-electron chi connectivity index (χ4n) is 7.95. The SMILES string of the molecule is CC12CCC3C4CCC(=O)CC4CCC3C1CCC21CCC(=O)O1. The van der Waals surface area contributed by atoms with Crippen LogP contribution in [0.1, 0.15) is 77.6 Å². The van der Waals surface area contributed by atoms with Crippen molar-refractivity contribution in [2.24, 2.45) is 35.0 Å². The topological polar surface area (TPSA) is 43.4 Å². The lowest BCUT2D eigenvalue weighted by molar-refractivity contribution is -0.168. The maximum Gasteiger partial charge on any atom is 0.306 e. The van der Waals surface area contributed by atoms with Crippen LogP contribution in [0, 0.1) is 35.0 Å². The van der Waals surface area contributed by atoms with Gasteiger partial charge >= 0.3 is 5.97 Å². The van der Waals surface area contributed by atoms with Crippen molar-refractivity contribution in [3.63, 3.8) is 0 Å². The lowest BCUT2D eigenvalue weighted by Crippen LogP contribution is -2.53. The van der Waals surface area contributed by atoms with E-state index in [-0.39, 0.29) is 17.0 Å². The standard InChI is InChI=1S/C21H30O3/c1-20-9-6-16-15-5-3-14(22)12-13(15)2-4-17(16)18(20)7-10-21(20)11-8-19(23)24-21/h13,15-18H,2-12H2,1H3. The number of ether oxygens (including phenoxy) is 1. The Labute approximate surface area is 144 Å². The molecule has 1 spiro atoms. The number of rotatable bonds is 0. The molecule has 0 radical (unpaired) electrons. The van der Waals surface area contributed by atoms with Gasteiger partial charge in [0.05, 0.1) is 0 Å². The normalized spacial score (nSPS) is 53.5. The first-order valence-corrected chi connectivity index (χ1v) is 10.3. The second-order valence-electron chi connectivity index (χ2n) is 9.68. The second kappa shape index (κ2) is 5.08. The van der Waals surface area contributed by atoms with Crippen molar-refractivity contribution in [1.29, 1.82) is 0 Å². The summed E-state index contributed by atoms with van der Waals surface area (Å²) in [5.74, 6) is 4.41. The van der Waals surface area contributed by atoms with Gasteiger partial charge in [-0.1, -0.05) is 6.92 Å². The monoisotopic (exact) mass is 330 g/mol. The van der Waals surface area contributed by atoms with Gasteiger partial charge in [0.15, 0.2) is 0 Å². The van der Waals surface area contributed by atoms with E-state index in [2.05, 4.69) is 6.92 Å². The first-order chi connectivity index (χ1) is 11.5. The fourth-order valence-corrected chi connectivity index (χ4v) is 7.95. The quantitative estimate of drug-likeness (QED) is 0.623. The minimum Gasteiger partial charge on any atom is -0.458 e. The van der Waals surface area contributed by atoms with Crippen LogP contribution in [0.2, 0.25) is 0 Å². The van der Waals surface area contributed by atoms with Gasteiger partial charge in [-0.3, -0.25) is 9.59 Å². The van der Waals surface area contributed by atoms with Gasteiger partial charge < -0.3 is 4.74 Å². The maximum atomic E-state index is 11.9. The van der Waals surface area contributed by atoms with Crippen molar-refractivity contribution in [3.05, 3.63) is 0 Å². The molecule has 7 atom stereocenters. The van der Waals surface area contributed by atoms with Crippen LogP contribution in [-0.2, 0) is 14.3 Å². The number of ketones is 1. The third kappa shape index (κ3) is 1.90. The third-order valence-electron chi connectivity index (χ3n) is 9.10. The second-order valence-corrected chi connectivity index (χ2v) is 9.68. The number of hydrogen-bond acceptors (Lipinski definition) is 3. The van der Waals surface area contributed by atoms with Crippen molar-refractivity contribution < 1.29 is 14.3 Å². The van der Waals surface area contributed by atoms with Crippen LogP contribution in [0.25, 0.3) is 0 Å². The smallest absolute Gasteiger partial charge is 0.306 e. The largest absolute Gasteiger partial charge is 0.458 e. The van der Waals surface area contributed by atoms with Crippen LogP contribution in [0.5, 0.6) is 0 Å². The van der Waals surface area contributed by atoms with E-state index >= 15 is 0 Å². The van der Waals surface area contributed by atoms with Gasteiger partial charge in [0.25, 0.3) is 0 Å². The number of carbonyl (C=O) groups is 2. The van der Waals surface area contributed by atoms with E-state index < -0.39 is 0 Å². The molecule has 132 valence electrons. The van der Waals surface area contributed by atoms with Crippen LogP contribution in [0.15, 0.2) is 0 Å². The molecule has 5 rings (SSSR count). The van der Waals surface area contributed by atoms with Gasteiger partial charge in [0.2, 0.25) is 0 Å². The molecule has 5 aliphatic rings. The van der Waals surface area contributed by atoms with Crippen molar-refractivity contribution >= 4 is 11.8 Å². The average molecular weight is 330 g/mol. The molecule has 3 nitrogen and oxygen atoms in total. The molecule has 0 aromatic rings. The first kappa shape index (κ1) is 15.4. The Hall–Kier alpha value is -0.860. The average Bonchev–Trinajstić information content (AvgIpc) is 3.08. The molecule has 4 saturated carbocycles. The Morgan fingerprint density at radius 3 is 2.54 bits per heavy atom. The van der Waals surface area contributed by atoms with E-state index in [1.54, 1.807) is 0 Å². The number of Topliss-reactive ketones (excluding diaryl/α,β-unsaturated/α-hetero) is 1. The molecule has 0 aromatic carbocycles. The molecule has 5 fully saturated rings. The van der Waals surface area contributed by atoms with E-state index in [0.717, 1.165) is 55.8 Å². The summed E-state index contributed by atoms with van der Waals surface area (Å²) in [7, 11) is 0. The zero-order valence-electron chi connectivity index (χ0n) is 14.9. The molecule has 0 bridgehead atoms. The summed E-state index contributed by atoms with van der Waals surface area (Å²) in [5, 5.41) is 0. The van der Waals surface area contributed by atoms with Gasteiger partial charge in [-0.05, 0) is 81.0 Å². The summed E-state index contributed by atoms with van der Waals surface area (Å²) in [6, 6.07) is 0. The minimum atomic E-state index is -0.140. The zero-order chi connectivity index (χ0) is 16.5. The van der Waals surface area contributed by atoms with E-state index in [1.165, 1.54) is 32.1 Å². The highest BCUT2D eigenvalue weighted by molar-refractivity contribution is 5.79. The molecule has 1 aliphatic heterocycles. The van der Waals surface area contributed by atoms with Gasteiger partial charge in [-0.25, -0.2) is 0 Å². The van der Waals surface area contributed by atoms with Crippen LogP contribution in [-0.4, -0.2) is 17.4 Å². The van der Waals surface area contributed by atoms with E-state index in [1.807, 2.05) is 0 Å². The van der Waals surface area contributed by atoms with Crippen LogP contribution in [0.4, 0.5) is 0 Å². The highest BCUT2D eigenvalue weighted by atomic mass is 16.6. The summed E-state index contributed by atoms with van der Waals surface area (Å²) in [4.78, 5) is 23.7. The van der Waals surface area contributed by atoms with Crippen LogP contribution >= 0.6 is 0 Å². The zero-order valence-corrected chi connectivity index (χ0v) is 14.9. The Morgan fingerprint density at radius 1 is 0.875 bits per heavy atom. The number of hydrogen-bond donors (Lipinski definition) is 0. The first-order valence-electron chi connectivity index (χ1n) is 10.3. The Morgan fingerprint density at radius 2 is 1.75 bits per heavy atom. The van der Waals surface area contributed by atoms with E-state index in [4.69, 9.17) is 4.74 Å². The molecule has 1 heterocycles. The van der Waals surface area contributed by atoms with Gasteiger partial charge in [-0.2, -0.15) is 0 Å². The summed E-state index contributed by atoms with van der Waals surface area (Å²) >= 11 is 0. The number of fused-ring (bicyclic) bond motifs is 6. The summed E-state index contributed by atoms with van der Waals surface area (Å²) in [6.45, 7) is 2.44. The Bertz CT molecular complexity index is 584. The molecule has 1 saturated heterocycles. The third-order valence-corrected chi connectivity index (χ3v) is 9.10. The Balaban J connectivity index is 1.42. The Kier molecular flexibility index (Phi) is 3.26. The van der Waals surface area contributed by atoms with Gasteiger partial charge in [0, 0.05) is 24.7 Å². The molecule has 24 heavy (non-hydrogen) atoms. The van der Waals surface area contributed by atoms with Gasteiger partial charge in [-0.15, -0.1) is 0 Å². The highest BCUT2D eigenvalue weighted by Crippen LogP contribution is 2.67. The van der Waals surface area contributed by atoms with Crippen LogP contribution < -0.4 is 0 Å². The lowest BCUT2D eigenvalue weighted by Gasteiger charge is -2.56. The summed E-state index contributed by atoms with van der Waals surface area (Å²) in [5.41, 5.74) is 0.0662. The van der Waals surface area contributed by atoms with E-state index in [0.29, 0.717) is 18.1 Å². The number of esters is 1. The van der Waals surface area contributed by atoms with E-state index in [9.17, 15) is 9.59 Å². The molecular formula is C21H30O3. The predicted molar refractivity (Wildman–Crippen MR) is 90.2 cm³/mol. The molecule has 3 heteroatoms. The van der Waals surface area contributed by atoms with Crippen molar-refractivity contribution in [2.75, 3.05) is 0 Å². The van der Waals surface area contributed by atoms with Crippen molar-refractivity contribution in [1.82, 2.24) is 0 Å². The predicted octanol–water partition coefficient (Wildman–Crippen LogP) is 4.28. The van der Waals surface area contributed by atoms with Crippen molar-refractivity contribution in [2.45, 2.75) is 83.2 Å². The molecular weight excluding hydrogens is 300 g/mol. The fraction of sp³-hybridized carbons (Fsp3) is 0.905. The van der Waals surface area contributed by atoms with Crippen LogP contribution in [0.3, 0.4) is 0 Å².